The Morgan fingerprint density at radius 2 is 1.35 bits per heavy atom. The molecule has 0 aromatic heterocycles. The van der Waals surface area contributed by atoms with Gasteiger partial charge in [0.25, 0.3) is 11.8 Å². The van der Waals surface area contributed by atoms with Crippen molar-refractivity contribution in [2.24, 2.45) is 0 Å². The summed E-state index contributed by atoms with van der Waals surface area (Å²) in [6, 6.07) is 8.46. The molecule has 26 heavy (non-hydrogen) atoms. The zero-order valence-corrected chi connectivity index (χ0v) is 15.2. The molecule has 0 unspecified atom stereocenters. The van der Waals surface area contributed by atoms with Crippen LogP contribution < -0.4 is 0 Å². The minimum atomic E-state index is -0.316. The number of halogens is 2. The van der Waals surface area contributed by atoms with Crippen LogP contribution in [0.5, 0.6) is 11.5 Å². The molecule has 2 amide bonds. The Balaban J connectivity index is 1.68. The fourth-order valence-electron chi connectivity index (χ4n) is 2.85. The summed E-state index contributed by atoms with van der Waals surface area (Å²) < 4.78 is 0. The van der Waals surface area contributed by atoms with E-state index in [1.165, 1.54) is 18.2 Å². The predicted molar refractivity (Wildman–Crippen MR) is 98.0 cm³/mol. The van der Waals surface area contributed by atoms with Crippen LogP contribution in [0.1, 0.15) is 20.7 Å². The first-order valence-corrected chi connectivity index (χ1v) is 8.67. The second kappa shape index (κ2) is 7.43. The number of phenolic OH excluding ortho intramolecular Hbond substituents is 2. The van der Waals surface area contributed by atoms with Gasteiger partial charge >= 0.3 is 0 Å². The van der Waals surface area contributed by atoms with E-state index in [1.807, 2.05) is 0 Å². The maximum absolute atomic E-state index is 12.6. The van der Waals surface area contributed by atoms with Gasteiger partial charge in [0.15, 0.2) is 0 Å². The summed E-state index contributed by atoms with van der Waals surface area (Å²) in [7, 11) is 0. The highest BCUT2D eigenvalue weighted by molar-refractivity contribution is 6.35. The maximum Gasteiger partial charge on any atom is 0.255 e. The smallest absolute Gasteiger partial charge is 0.255 e. The lowest BCUT2D eigenvalue weighted by Crippen LogP contribution is -2.50. The molecule has 1 heterocycles. The molecular formula is C18H16Cl2N2O4. The van der Waals surface area contributed by atoms with E-state index in [0.29, 0.717) is 41.8 Å². The van der Waals surface area contributed by atoms with Gasteiger partial charge in [-0.25, -0.2) is 0 Å². The van der Waals surface area contributed by atoms with E-state index in [9.17, 15) is 19.8 Å². The van der Waals surface area contributed by atoms with Crippen LogP contribution in [0.2, 0.25) is 10.0 Å². The lowest BCUT2D eigenvalue weighted by atomic mass is 10.1. The lowest BCUT2D eigenvalue weighted by Gasteiger charge is -2.35. The Labute approximate surface area is 160 Å². The normalized spacial score (nSPS) is 14.4. The molecule has 2 N–H and O–H groups in total. The van der Waals surface area contributed by atoms with Gasteiger partial charge in [-0.3, -0.25) is 9.59 Å². The average Bonchev–Trinajstić information content (AvgIpc) is 2.62. The third-order valence-corrected chi connectivity index (χ3v) is 4.73. The predicted octanol–water partition coefficient (Wildman–Crippen LogP) is 3.00. The molecule has 0 spiro atoms. The molecule has 1 fully saturated rings. The van der Waals surface area contributed by atoms with E-state index in [2.05, 4.69) is 0 Å². The molecule has 0 bridgehead atoms. The zero-order valence-electron chi connectivity index (χ0n) is 13.7. The first-order valence-electron chi connectivity index (χ1n) is 7.92. The number of amides is 2. The molecule has 1 aliphatic heterocycles. The minimum Gasteiger partial charge on any atom is -0.508 e. The highest BCUT2D eigenvalue weighted by Gasteiger charge is 2.27. The molecular weight excluding hydrogens is 379 g/mol. The summed E-state index contributed by atoms with van der Waals surface area (Å²) in [4.78, 5) is 28.3. The van der Waals surface area contributed by atoms with Crippen LogP contribution in [-0.2, 0) is 0 Å². The monoisotopic (exact) mass is 394 g/mol. The first kappa shape index (κ1) is 18.4. The van der Waals surface area contributed by atoms with Crippen LogP contribution in [0.15, 0.2) is 36.4 Å². The number of carbonyl (C=O) groups excluding carboxylic acids is 2. The minimum absolute atomic E-state index is 0.183. The van der Waals surface area contributed by atoms with Crippen molar-refractivity contribution in [3.63, 3.8) is 0 Å². The molecule has 1 aliphatic rings. The summed E-state index contributed by atoms with van der Waals surface area (Å²) in [6.07, 6.45) is 0. The number of rotatable bonds is 2. The Kier molecular flexibility index (Phi) is 5.25. The van der Waals surface area contributed by atoms with Gasteiger partial charge in [-0.05, 0) is 30.3 Å². The third kappa shape index (κ3) is 3.86. The third-order valence-electron chi connectivity index (χ3n) is 4.16. The van der Waals surface area contributed by atoms with Crippen LogP contribution >= 0.6 is 23.2 Å². The van der Waals surface area contributed by atoms with E-state index in [4.69, 9.17) is 23.2 Å². The highest BCUT2D eigenvalue weighted by Crippen LogP contribution is 2.24. The number of nitrogens with zero attached hydrogens (tertiary/aromatic N) is 2. The molecule has 2 aromatic carbocycles. The fourth-order valence-corrected chi connectivity index (χ4v) is 3.22. The molecule has 0 atom stereocenters. The second-order valence-corrected chi connectivity index (χ2v) is 6.79. The summed E-state index contributed by atoms with van der Waals surface area (Å²) in [5.74, 6) is -0.917. The topological polar surface area (TPSA) is 81.1 Å². The van der Waals surface area contributed by atoms with Crippen molar-refractivity contribution in [3.8, 4) is 11.5 Å². The fraction of sp³-hybridized carbons (Fsp3) is 0.222. The van der Waals surface area contributed by atoms with Crippen molar-refractivity contribution in [3.05, 3.63) is 57.6 Å². The van der Waals surface area contributed by atoms with E-state index in [0.717, 1.165) is 6.07 Å². The molecule has 1 saturated heterocycles. The van der Waals surface area contributed by atoms with Crippen LogP contribution in [-0.4, -0.2) is 58.0 Å². The molecule has 2 aromatic rings. The van der Waals surface area contributed by atoms with Crippen molar-refractivity contribution >= 4 is 35.0 Å². The van der Waals surface area contributed by atoms with Crippen LogP contribution in [0.4, 0.5) is 0 Å². The van der Waals surface area contributed by atoms with Crippen LogP contribution in [0, 0.1) is 0 Å². The van der Waals surface area contributed by atoms with Crippen LogP contribution in [0.3, 0.4) is 0 Å². The van der Waals surface area contributed by atoms with Crippen molar-refractivity contribution < 1.29 is 19.8 Å². The van der Waals surface area contributed by atoms with E-state index >= 15 is 0 Å². The molecule has 0 radical (unpaired) electrons. The Bertz CT molecular complexity index is 844. The summed E-state index contributed by atoms with van der Waals surface area (Å²) in [5, 5.41) is 19.8. The highest BCUT2D eigenvalue weighted by atomic mass is 35.5. The van der Waals surface area contributed by atoms with Crippen molar-refractivity contribution in [1.82, 2.24) is 9.80 Å². The standard InChI is InChI=1S/C18H16Cl2N2O4/c19-12-1-2-16(20)15(9-12)18(26)22-5-3-21(4-6-22)17(25)11-7-13(23)10-14(24)8-11/h1-2,7-10,23-24H,3-6H2. The molecule has 0 saturated carbocycles. The van der Waals surface area contributed by atoms with Crippen molar-refractivity contribution in [2.75, 3.05) is 26.2 Å². The number of hydrogen-bond donors (Lipinski definition) is 2. The number of aromatic hydroxyl groups is 2. The van der Waals surface area contributed by atoms with E-state index in [1.54, 1.807) is 21.9 Å². The van der Waals surface area contributed by atoms with Crippen molar-refractivity contribution in [1.29, 1.82) is 0 Å². The van der Waals surface area contributed by atoms with E-state index < -0.39 is 0 Å². The summed E-state index contributed by atoms with van der Waals surface area (Å²) in [5.41, 5.74) is 0.525. The van der Waals surface area contributed by atoms with Gasteiger partial charge in [0.05, 0.1) is 10.6 Å². The molecule has 136 valence electrons. The lowest BCUT2D eigenvalue weighted by molar-refractivity contribution is 0.0535. The second-order valence-electron chi connectivity index (χ2n) is 5.95. The zero-order chi connectivity index (χ0) is 18.8. The van der Waals surface area contributed by atoms with Crippen LogP contribution in [0.25, 0.3) is 0 Å². The molecule has 6 nitrogen and oxygen atoms in total. The van der Waals surface area contributed by atoms with Gasteiger partial charge in [0.2, 0.25) is 0 Å². The Hall–Kier alpha value is -2.44. The summed E-state index contributed by atoms with van der Waals surface area (Å²) in [6.45, 7) is 1.36. The Morgan fingerprint density at radius 3 is 1.92 bits per heavy atom. The van der Waals surface area contributed by atoms with Gasteiger partial charge in [-0.15, -0.1) is 0 Å². The SMILES string of the molecule is O=C(c1cc(O)cc(O)c1)N1CCN(C(=O)c2cc(Cl)ccc2Cl)CC1. The maximum atomic E-state index is 12.6. The number of carbonyl (C=O) groups is 2. The molecule has 0 aliphatic carbocycles. The van der Waals surface area contributed by atoms with Gasteiger partial charge < -0.3 is 20.0 Å². The number of hydrogen-bond acceptors (Lipinski definition) is 4. The quantitative estimate of drug-likeness (QED) is 0.819. The number of piperazine rings is 1. The number of benzene rings is 2. The Morgan fingerprint density at radius 1 is 0.808 bits per heavy atom. The average molecular weight is 395 g/mol. The molecule has 8 heteroatoms. The summed E-state index contributed by atoms with van der Waals surface area (Å²) >= 11 is 12.0. The first-order chi connectivity index (χ1) is 12.3. The number of phenols is 2. The van der Waals surface area contributed by atoms with Crippen molar-refractivity contribution in [2.45, 2.75) is 0 Å². The van der Waals surface area contributed by atoms with Gasteiger partial charge in [-0.1, -0.05) is 23.2 Å². The van der Waals surface area contributed by atoms with E-state index in [-0.39, 0.29) is 28.9 Å². The van der Waals surface area contributed by atoms with Gasteiger partial charge in [0.1, 0.15) is 11.5 Å². The largest absolute Gasteiger partial charge is 0.508 e. The van der Waals surface area contributed by atoms with Gasteiger partial charge in [0, 0.05) is 42.8 Å². The van der Waals surface area contributed by atoms with Gasteiger partial charge in [-0.2, -0.15) is 0 Å². The molecule has 3 rings (SSSR count).